The number of hydrogen-bond acceptors (Lipinski definition) is 2. The van der Waals surface area contributed by atoms with E-state index in [-0.39, 0.29) is 0 Å². The monoisotopic (exact) mass is 280 g/mol. The molecule has 2 heterocycles. The van der Waals surface area contributed by atoms with Crippen LogP contribution in [0.15, 0.2) is 0 Å². The molecule has 0 spiro atoms. The van der Waals surface area contributed by atoms with E-state index in [1.807, 2.05) is 6.92 Å². The Kier molecular flexibility index (Phi) is 5.88. The highest BCUT2D eigenvalue weighted by Crippen LogP contribution is 2.32. The van der Waals surface area contributed by atoms with Crippen molar-refractivity contribution in [3.05, 3.63) is 0 Å². The minimum Gasteiger partial charge on any atom is -0.342 e. The molecule has 3 heteroatoms. The molecule has 2 rings (SSSR count). The molecular weight excluding hydrogens is 248 g/mol. The number of rotatable bonds is 5. The summed E-state index contributed by atoms with van der Waals surface area (Å²) in [6.07, 6.45) is 5.92. The second kappa shape index (κ2) is 7.44. The maximum absolute atomic E-state index is 11.8. The van der Waals surface area contributed by atoms with Crippen molar-refractivity contribution in [3.8, 4) is 0 Å². The van der Waals surface area contributed by atoms with Crippen molar-refractivity contribution in [1.82, 2.24) is 9.80 Å². The molecule has 2 aliphatic rings. The van der Waals surface area contributed by atoms with E-state index >= 15 is 0 Å². The van der Waals surface area contributed by atoms with Crippen LogP contribution in [0.3, 0.4) is 0 Å². The first-order valence-corrected chi connectivity index (χ1v) is 8.60. The third-order valence-corrected chi connectivity index (χ3v) is 5.20. The molecule has 0 bridgehead atoms. The third kappa shape index (κ3) is 4.21. The van der Waals surface area contributed by atoms with Gasteiger partial charge >= 0.3 is 0 Å². The fourth-order valence-corrected chi connectivity index (χ4v) is 3.71. The molecule has 0 aromatic heterocycles. The Morgan fingerprint density at radius 3 is 2.35 bits per heavy atom. The highest BCUT2D eigenvalue weighted by molar-refractivity contribution is 5.76. The zero-order valence-corrected chi connectivity index (χ0v) is 13.6. The Labute approximate surface area is 124 Å². The van der Waals surface area contributed by atoms with Gasteiger partial charge in [0, 0.05) is 19.5 Å². The lowest BCUT2D eigenvalue weighted by molar-refractivity contribution is -0.130. The van der Waals surface area contributed by atoms with Crippen molar-refractivity contribution in [3.63, 3.8) is 0 Å². The Bertz CT molecular complexity index is 308. The highest BCUT2D eigenvalue weighted by Gasteiger charge is 2.33. The second-order valence-electron chi connectivity index (χ2n) is 7.10. The van der Waals surface area contributed by atoms with Gasteiger partial charge in [-0.2, -0.15) is 0 Å². The molecule has 0 N–H and O–H groups in total. The van der Waals surface area contributed by atoms with Crippen LogP contribution in [0.5, 0.6) is 0 Å². The van der Waals surface area contributed by atoms with E-state index in [4.69, 9.17) is 0 Å². The molecule has 0 aliphatic carbocycles. The van der Waals surface area contributed by atoms with Gasteiger partial charge in [0.1, 0.15) is 0 Å². The molecule has 0 aromatic rings. The molecule has 0 radical (unpaired) electrons. The summed E-state index contributed by atoms with van der Waals surface area (Å²) in [5, 5.41) is 0. The van der Waals surface area contributed by atoms with Gasteiger partial charge in [0.05, 0.1) is 0 Å². The Balaban J connectivity index is 1.71. The molecule has 20 heavy (non-hydrogen) atoms. The van der Waals surface area contributed by atoms with Gasteiger partial charge in [-0.05, 0) is 63.1 Å². The van der Waals surface area contributed by atoms with E-state index in [0.29, 0.717) is 12.3 Å². The zero-order chi connectivity index (χ0) is 14.5. The topological polar surface area (TPSA) is 23.6 Å². The lowest BCUT2D eigenvalue weighted by Gasteiger charge is -2.35. The van der Waals surface area contributed by atoms with Crippen molar-refractivity contribution >= 4 is 5.91 Å². The average Bonchev–Trinajstić information content (AvgIpc) is 2.94. The Hall–Kier alpha value is -0.570. The summed E-state index contributed by atoms with van der Waals surface area (Å²) in [5.41, 5.74) is 0. The molecule has 1 amide bonds. The maximum Gasteiger partial charge on any atom is 0.222 e. The predicted molar refractivity (Wildman–Crippen MR) is 83.6 cm³/mol. The summed E-state index contributed by atoms with van der Waals surface area (Å²) < 4.78 is 0. The summed E-state index contributed by atoms with van der Waals surface area (Å²) in [7, 11) is 0. The SMILES string of the molecule is CCC(=O)N1CCC(C2CCN(CCC(C)C)CC2)C1. The second-order valence-corrected chi connectivity index (χ2v) is 7.10. The minimum absolute atomic E-state index is 0.349. The van der Waals surface area contributed by atoms with E-state index in [0.717, 1.165) is 30.8 Å². The van der Waals surface area contributed by atoms with Gasteiger partial charge in [-0.25, -0.2) is 0 Å². The molecule has 2 saturated heterocycles. The smallest absolute Gasteiger partial charge is 0.222 e. The van der Waals surface area contributed by atoms with Gasteiger partial charge in [-0.15, -0.1) is 0 Å². The van der Waals surface area contributed by atoms with Crippen LogP contribution in [-0.2, 0) is 4.79 Å². The molecule has 0 saturated carbocycles. The summed E-state index contributed by atoms with van der Waals surface area (Å²) >= 11 is 0. The van der Waals surface area contributed by atoms with Crippen LogP contribution in [0.25, 0.3) is 0 Å². The van der Waals surface area contributed by atoms with Crippen LogP contribution < -0.4 is 0 Å². The predicted octanol–water partition coefficient (Wildman–Crippen LogP) is 3.00. The van der Waals surface area contributed by atoms with Gasteiger partial charge in [-0.3, -0.25) is 4.79 Å². The molecule has 3 nitrogen and oxygen atoms in total. The number of amides is 1. The number of piperidine rings is 1. The van der Waals surface area contributed by atoms with Gasteiger partial charge in [0.25, 0.3) is 0 Å². The van der Waals surface area contributed by atoms with Crippen LogP contribution in [0.2, 0.25) is 0 Å². The van der Waals surface area contributed by atoms with E-state index in [1.54, 1.807) is 0 Å². The quantitative estimate of drug-likeness (QED) is 0.773. The van der Waals surface area contributed by atoms with Gasteiger partial charge < -0.3 is 9.80 Å². The maximum atomic E-state index is 11.8. The Morgan fingerprint density at radius 2 is 1.75 bits per heavy atom. The fourth-order valence-electron chi connectivity index (χ4n) is 3.71. The molecule has 1 unspecified atom stereocenters. The molecule has 1 atom stereocenters. The van der Waals surface area contributed by atoms with Crippen LogP contribution >= 0.6 is 0 Å². The average molecular weight is 280 g/mol. The van der Waals surface area contributed by atoms with E-state index < -0.39 is 0 Å². The molecule has 116 valence electrons. The van der Waals surface area contributed by atoms with Crippen LogP contribution in [0, 0.1) is 17.8 Å². The normalized spacial score (nSPS) is 25.6. The van der Waals surface area contributed by atoms with Crippen molar-refractivity contribution in [2.75, 3.05) is 32.7 Å². The molecule has 2 aliphatic heterocycles. The first-order chi connectivity index (χ1) is 9.60. The van der Waals surface area contributed by atoms with E-state index in [1.165, 1.54) is 45.3 Å². The lowest BCUT2D eigenvalue weighted by Crippen LogP contribution is -2.38. The van der Waals surface area contributed by atoms with Gasteiger partial charge in [0.2, 0.25) is 5.91 Å². The minimum atomic E-state index is 0.349. The summed E-state index contributed by atoms with van der Waals surface area (Å²) in [6.45, 7) is 12.5. The molecule has 2 fully saturated rings. The van der Waals surface area contributed by atoms with Crippen molar-refractivity contribution < 1.29 is 4.79 Å². The summed E-state index contributed by atoms with van der Waals surface area (Å²) in [6, 6.07) is 0. The van der Waals surface area contributed by atoms with E-state index in [9.17, 15) is 4.79 Å². The Morgan fingerprint density at radius 1 is 1.10 bits per heavy atom. The summed E-state index contributed by atoms with van der Waals surface area (Å²) in [5.74, 6) is 2.80. The fraction of sp³-hybridized carbons (Fsp3) is 0.941. The van der Waals surface area contributed by atoms with Crippen LogP contribution in [0.1, 0.15) is 52.9 Å². The first-order valence-electron chi connectivity index (χ1n) is 8.60. The van der Waals surface area contributed by atoms with Crippen molar-refractivity contribution in [1.29, 1.82) is 0 Å². The number of likely N-dealkylation sites (tertiary alicyclic amines) is 2. The first kappa shape index (κ1) is 15.8. The van der Waals surface area contributed by atoms with Crippen molar-refractivity contribution in [2.24, 2.45) is 17.8 Å². The van der Waals surface area contributed by atoms with Crippen LogP contribution in [-0.4, -0.2) is 48.4 Å². The third-order valence-electron chi connectivity index (χ3n) is 5.20. The standard InChI is InChI=1S/C17H32N2O/c1-4-17(20)19-12-8-16(13-19)15-6-10-18(11-7-15)9-5-14(2)3/h14-16H,4-13H2,1-3H3. The largest absolute Gasteiger partial charge is 0.342 e. The number of carbonyl (C=O) groups excluding carboxylic acids is 1. The molecule has 0 aromatic carbocycles. The number of hydrogen-bond donors (Lipinski definition) is 0. The molecular formula is C17H32N2O. The number of carbonyl (C=O) groups is 1. The zero-order valence-electron chi connectivity index (χ0n) is 13.6. The summed E-state index contributed by atoms with van der Waals surface area (Å²) in [4.78, 5) is 16.5. The van der Waals surface area contributed by atoms with Gasteiger partial charge in [0.15, 0.2) is 0 Å². The van der Waals surface area contributed by atoms with Crippen LogP contribution in [0.4, 0.5) is 0 Å². The van der Waals surface area contributed by atoms with E-state index in [2.05, 4.69) is 23.6 Å². The highest BCUT2D eigenvalue weighted by atomic mass is 16.2. The van der Waals surface area contributed by atoms with Gasteiger partial charge in [-0.1, -0.05) is 20.8 Å². The lowest BCUT2D eigenvalue weighted by atomic mass is 9.83. The number of nitrogens with zero attached hydrogens (tertiary/aromatic N) is 2. The van der Waals surface area contributed by atoms with Crippen molar-refractivity contribution in [2.45, 2.75) is 52.9 Å².